The van der Waals surface area contributed by atoms with E-state index in [2.05, 4.69) is 49.5 Å². The third kappa shape index (κ3) is 4.95. The molecular formula is C34H31Cl2NO3. The van der Waals surface area contributed by atoms with E-state index in [-0.39, 0.29) is 17.2 Å². The second-order valence-electron chi connectivity index (χ2n) is 11.3. The van der Waals surface area contributed by atoms with Crippen LogP contribution in [-0.2, 0) is 11.4 Å². The quantitative estimate of drug-likeness (QED) is 0.250. The zero-order valence-electron chi connectivity index (χ0n) is 22.8. The zero-order valence-corrected chi connectivity index (χ0v) is 24.3. The number of nitrogens with one attached hydrogen (secondary N) is 1. The first-order valence-electron chi connectivity index (χ1n) is 13.6. The minimum atomic E-state index is -0.353. The Balaban J connectivity index is 1.45. The maximum atomic E-state index is 13.8. The molecule has 0 spiro atoms. The molecule has 4 aromatic carbocycles. The average Bonchev–Trinajstić information content (AvgIpc) is 2.92. The fourth-order valence-corrected chi connectivity index (χ4v) is 6.38. The van der Waals surface area contributed by atoms with Crippen LogP contribution in [0.5, 0.6) is 11.5 Å². The SMILES string of the molecule is CCOc1cc([C@H]2Nc3ccc4ccccc4c3C3=C2C(=O)CC(C)(C)C3)cc(Cl)c1OCc1ccc(Cl)cc1. The number of fused-ring (bicyclic) bond motifs is 4. The van der Waals surface area contributed by atoms with E-state index in [4.69, 9.17) is 32.7 Å². The summed E-state index contributed by atoms with van der Waals surface area (Å²) in [6.07, 6.45) is 1.32. The van der Waals surface area contributed by atoms with Crippen molar-refractivity contribution in [2.45, 2.75) is 46.3 Å². The number of benzene rings is 4. The minimum Gasteiger partial charge on any atom is -0.490 e. The number of hydrogen-bond acceptors (Lipinski definition) is 4. The van der Waals surface area contributed by atoms with Crippen molar-refractivity contribution in [2.75, 3.05) is 11.9 Å². The molecule has 1 aliphatic carbocycles. The van der Waals surface area contributed by atoms with Crippen molar-refractivity contribution in [3.63, 3.8) is 0 Å². The molecule has 1 aliphatic heterocycles. The van der Waals surface area contributed by atoms with Crippen molar-refractivity contribution in [1.29, 1.82) is 0 Å². The van der Waals surface area contributed by atoms with Crippen LogP contribution < -0.4 is 14.8 Å². The van der Waals surface area contributed by atoms with Crippen LogP contribution in [0.1, 0.15) is 56.3 Å². The third-order valence-corrected chi connectivity index (χ3v) is 8.23. The van der Waals surface area contributed by atoms with Gasteiger partial charge in [-0.05, 0) is 76.6 Å². The molecule has 1 N–H and O–H groups in total. The molecule has 0 fully saturated rings. The van der Waals surface area contributed by atoms with Gasteiger partial charge in [-0.3, -0.25) is 4.79 Å². The number of ether oxygens (including phenoxy) is 2. The van der Waals surface area contributed by atoms with Gasteiger partial charge in [0.1, 0.15) is 6.61 Å². The van der Waals surface area contributed by atoms with E-state index in [9.17, 15) is 4.79 Å². The Morgan fingerprint density at radius 2 is 1.73 bits per heavy atom. The molecule has 4 aromatic rings. The van der Waals surface area contributed by atoms with Crippen LogP contribution in [0.3, 0.4) is 0 Å². The monoisotopic (exact) mass is 571 g/mol. The van der Waals surface area contributed by atoms with Crippen molar-refractivity contribution in [3.8, 4) is 11.5 Å². The van der Waals surface area contributed by atoms with Gasteiger partial charge >= 0.3 is 0 Å². The first kappa shape index (κ1) is 26.7. The molecule has 0 bridgehead atoms. The Hall–Kier alpha value is -3.47. The lowest BCUT2D eigenvalue weighted by Crippen LogP contribution is -2.33. The molecule has 204 valence electrons. The first-order chi connectivity index (χ1) is 19.2. The molecule has 0 radical (unpaired) electrons. The minimum absolute atomic E-state index is 0.125. The molecule has 6 rings (SSSR count). The number of halogens is 2. The van der Waals surface area contributed by atoms with Gasteiger partial charge in [0, 0.05) is 28.3 Å². The topological polar surface area (TPSA) is 47.6 Å². The van der Waals surface area contributed by atoms with Gasteiger partial charge in [0.2, 0.25) is 0 Å². The summed E-state index contributed by atoms with van der Waals surface area (Å²) in [5.41, 5.74) is 5.79. The van der Waals surface area contributed by atoms with Crippen molar-refractivity contribution < 1.29 is 14.3 Å². The van der Waals surface area contributed by atoms with Crippen LogP contribution in [0.25, 0.3) is 16.3 Å². The largest absolute Gasteiger partial charge is 0.490 e. The molecule has 0 amide bonds. The molecule has 2 aliphatic rings. The van der Waals surface area contributed by atoms with Crippen molar-refractivity contribution in [1.82, 2.24) is 0 Å². The molecule has 6 heteroatoms. The van der Waals surface area contributed by atoms with Crippen LogP contribution in [0.15, 0.2) is 78.4 Å². The Morgan fingerprint density at radius 1 is 0.950 bits per heavy atom. The summed E-state index contributed by atoms with van der Waals surface area (Å²) < 4.78 is 12.2. The highest BCUT2D eigenvalue weighted by molar-refractivity contribution is 6.32. The number of Topliss-reactive ketones (excluding diaryl/α,β-unsaturated/α-hetero) is 1. The highest BCUT2D eigenvalue weighted by Gasteiger charge is 2.41. The van der Waals surface area contributed by atoms with E-state index in [0.29, 0.717) is 41.2 Å². The summed E-state index contributed by atoms with van der Waals surface area (Å²) in [5.74, 6) is 1.20. The molecule has 4 nitrogen and oxygen atoms in total. The van der Waals surface area contributed by atoms with E-state index < -0.39 is 0 Å². The number of allylic oxidation sites excluding steroid dienone is 1. The number of carbonyl (C=O) groups excluding carboxylic acids is 1. The number of hydrogen-bond donors (Lipinski definition) is 1. The van der Waals surface area contributed by atoms with Crippen molar-refractivity contribution >= 4 is 51.0 Å². The summed E-state index contributed by atoms with van der Waals surface area (Å²) in [5, 5.41) is 7.12. The predicted molar refractivity (Wildman–Crippen MR) is 164 cm³/mol. The Kier molecular flexibility index (Phi) is 7.02. The highest BCUT2D eigenvalue weighted by atomic mass is 35.5. The molecule has 0 aromatic heterocycles. The molecule has 0 saturated carbocycles. The number of anilines is 1. The normalized spacial score (nSPS) is 17.7. The Morgan fingerprint density at radius 3 is 2.50 bits per heavy atom. The van der Waals surface area contributed by atoms with E-state index in [1.807, 2.05) is 49.4 Å². The number of carbonyl (C=O) groups is 1. The van der Waals surface area contributed by atoms with Crippen LogP contribution in [-0.4, -0.2) is 12.4 Å². The van der Waals surface area contributed by atoms with E-state index in [0.717, 1.165) is 50.7 Å². The van der Waals surface area contributed by atoms with Crippen LogP contribution in [0, 0.1) is 5.41 Å². The molecule has 1 heterocycles. The summed E-state index contributed by atoms with van der Waals surface area (Å²) in [6, 6.07) is 23.6. The summed E-state index contributed by atoms with van der Waals surface area (Å²) in [4.78, 5) is 13.8. The van der Waals surface area contributed by atoms with Crippen molar-refractivity contribution in [3.05, 3.63) is 105 Å². The van der Waals surface area contributed by atoms with Gasteiger partial charge in [0.05, 0.1) is 17.7 Å². The van der Waals surface area contributed by atoms with Gasteiger partial charge in [-0.25, -0.2) is 0 Å². The summed E-state index contributed by atoms with van der Waals surface area (Å²) in [6.45, 7) is 7.05. The van der Waals surface area contributed by atoms with Gasteiger partial charge in [0.15, 0.2) is 17.3 Å². The smallest absolute Gasteiger partial charge is 0.180 e. The van der Waals surface area contributed by atoms with Crippen LogP contribution >= 0.6 is 23.2 Å². The van der Waals surface area contributed by atoms with Crippen LogP contribution in [0.4, 0.5) is 5.69 Å². The lowest BCUT2D eigenvalue weighted by Gasteiger charge is -2.40. The van der Waals surface area contributed by atoms with Gasteiger partial charge in [0.25, 0.3) is 0 Å². The van der Waals surface area contributed by atoms with E-state index in [1.165, 1.54) is 0 Å². The summed E-state index contributed by atoms with van der Waals surface area (Å²) >= 11 is 12.9. The number of rotatable bonds is 6. The van der Waals surface area contributed by atoms with E-state index in [1.54, 1.807) is 0 Å². The maximum absolute atomic E-state index is 13.8. The fourth-order valence-electron chi connectivity index (χ4n) is 5.98. The molecular weight excluding hydrogens is 541 g/mol. The molecule has 40 heavy (non-hydrogen) atoms. The molecule has 0 unspecified atom stereocenters. The highest BCUT2D eigenvalue weighted by Crippen LogP contribution is 2.53. The van der Waals surface area contributed by atoms with E-state index >= 15 is 0 Å². The Bertz CT molecular complexity index is 1660. The molecule has 0 saturated heterocycles. The second kappa shape index (κ2) is 10.5. The standard InChI is InChI=1S/C34H31Cl2NO3/c1-4-39-29-16-22(15-26(36)33(29)40-19-20-9-12-23(35)13-10-20)32-31-25(17-34(2,3)18-28(31)38)30-24-8-6-5-7-21(24)11-14-27(30)37-32/h5-16,32,37H,4,17-19H2,1-3H3/t32-/m1/s1. The first-order valence-corrected chi connectivity index (χ1v) is 14.4. The average molecular weight is 573 g/mol. The Labute approximate surface area is 244 Å². The fraction of sp³-hybridized carbons (Fsp3) is 0.265. The number of ketones is 1. The van der Waals surface area contributed by atoms with Gasteiger partial charge < -0.3 is 14.8 Å². The lowest BCUT2D eigenvalue weighted by molar-refractivity contribution is -0.118. The second-order valence-corrected chi connectivity index (χ2v) is 12.1. The van der Waals surface area contributed by atoms with Gasteiger partial charge in [-0.2, -0.15) is 0 Å². The lowest BCUT2D eigenvalue weighted by atomic mass is 9.68. The maximum Gasteiger partial charge on any atom is 0.180 e. The van der Waals surface area contributed by atoms with Gasteiger partial charge in [-0.15, -0.1) is 0 Å². The predicted octanol–water partition coefficient (Wildman–Crippen LogP) is 9.43. The third-order valence-electron chi connectivity index (χ3n) is 7.70. The van der Waals surface area contributed by atoms with Crippen molar-refractivity contribution in [2.24, 2.45) is 5.41 Å². The zero-order chi connectivity index (χ0) is 28.0. The van der Waals surface area contributed by atoms with Gasteiger partial charge in [-0.1, -0.05) is 79.5 Å². The van der Waals surface area contributed by atoms with Crippen LogP contribution in [0.2, 0.25) is 10.0 Å². The molecule has 1 atom stereocenters. The summed E-state index contributed by atoms with van der Waals surface area (Å²) in [7, 11) is 0.